The van der Waals surface area contributed by atoms with E-state index in [-0.39, 0.29) is 18.6 Å². The molecular weight excluding hydrogens is 411 g/mol. The Morgan fingerprint density at radius 2 is 1.63 bits per heavy atom. The fraction of sp³-hybridized carbons (Fsp3) is 0.286. The summed E-state index contributed by atoms with van der Waals surface area (Å²) in [5, 5.41) is 14.3. The molecule has 0 aromatic heterocycles. The molecule has 0 aliphatic carbocycles. The number of rotatable bonds is 10. The van der Waals surface area contributed by atoms with Gasteiger partial charge in [-0.25, -0.2) is 9.18 Å². The third-order valence-corrected chi connectivity index (χ3v) is 5.66. The van der Waals surface area contributed by atoms with Crippen molar-refractivity contribution in [3.63, 3.8) is 0 Å². The van der Waals surface area contributed by atoms with Crippen LogP contribution < -0.4 is 10.6 Å². The third-order valence-electron chi connectivity index (χ3n) is 4.26. The van der Waals surface area contributed by atoms with Gasteiger partial charge >= 0.3 is 5.97 Å². The van der Waals surface area contributed by atoms with E-state index in [1.165, 1.54) is 31.2 Å². The van der Waals surface area contributed by atoms with Crippen molar-refractivity contribution in [3.05, 3.63) is 66.0 Å². The zero-order valence-electron chi connectivity index (χ0n) is 16.3. The van der Waals surface area contributed by atoms with Crippen LogP contribution in [0.15, 0.2) is 59.5 Å². The zero-order valence-corrected chi connectivity index (χ0v) is 17.2. The molecule has 2 aromatic rings. The summed E-state index contributed by atoms with van der Waals surface area (Å²) in [6.07, 6.45) is 0.0138. The number of carbonyl (C=O) groups is 3. The summed E-state index contributed by atoms with van der Waals surface area (Å²) >= 11 is 0. The predicted octanol–water partition coefficient (Wildman–Crippen LogP) is 1.64. The highest BCUT2D eigenvalue weighted by Crippen LogP contribution is 2.10. The molecule has 3 atom stereocenters. The van der Waals surface area contributed by atoms with E-state index in [1.807, 2.05) is 0 Å². The average Bonchev–Trinajstić information content (AvgIpc) is 2.71. The summed E-state index contributed by atoms with van der Waals surface area (Å²) in [6, 6.07) is 11.7. The molecule has 0 aliphatic rings. The Kier molecular flexibility index (Phi) is 8.67. The van der Waals surface area contributed by atoms with Crippen molar-refractivity contribution in [2.45, 2.75) is 36.7 Å². The molecule has 0 heterocycles. The lowest BCUT2D eigenvalue weighted by Crippen LogP contribution is -2.52. The lowest BCUT2D eigenvalue weighted by atomic mass is 10.0. The molecule has 0 unspecified atom stereocenters. The fourth-order valence-corrected chi connectivity index (χ4v) is 3.90. The summed E-state index contributed by atoms with van der Waals surface area (Å²) in [5.74, 6) is -2.81. The van der Waals surface area contributed by atoms with Gasteiger partial charge in [-0.3, -0.25) is 13.8 Å². The second-order valence-electron chi connectivity index (χ2n) is 6.63. The van der Waals surface area contributed by atoms with E-state index < -0.39 is 46.5 Å². The number of benzene rings is 2. The minimum atomic E-state index is -1.41. The SMILES string of the molecule is CC(=O)N[C@@H](Cc1ccc(F)cc1)C(=O)N[C@H](CC[S@](=O)c1ccccc1)C(=O)O. The van der Waals surface area contributed by atoms with Gasteiger partial charge in [0.05, 0.1) is 10.8 Å². The molecule has 0 radical (unpaired) electrons. The van der Waals surface area contributed by atoms with Crippen LogP contribution in [0.3, 0.4) is 0 Å². The zero-order chi connectivity index (χ0) is 22.1. The van der Waals surface area contributed by atoms with Gasteiger partial charge in [0.15, 0.2) is 0 Å². The first-order valence-corrected chi connectivity index (χ1v) is 10.6. The van der Waals surface area contributed by atoms with E-state index in [0.717, 1.165) is 0 Å². The average molecular weight is 434 g/mol. The number of carboxylic acid groups (broad SMARTS) is 1. The monoisotopic (exact) mass is 434 g/mol. The van der Waals surface area contributed by atoms with Crippen molar-refractivity contribution >= 4 is 28.6 Å². The Bertz CT molecular complexity index is 905. The lowest BCUT2D eigenvalue weighted by molar-refractivity contribution is -0.142. The molecule has 2 aromatic carbocycles. The van der Waals surface area contributed by atoms with Crippen LogP contribution in [0.1, 0.15) is 18.9 Å². The molecule has 3 N–H and O–H groups in total. The minimum absolute atomic E-state index is 0.0457. The lowest BCUT2D eigenvalue weighted by Gasteiger charge is -2.21. The maximum atomic E-state index is 13.1. The van der Waals surface area contributed by atoms with Gasteiger partial charge in [-0.1, -0.05) is 30.3 Å². The highest BCUT2D eigenvalue weighted by molar-refractivity contribution is 7.85. The first kappa shape index (κ1) is 23.2. The number of nitrogens with one attached hydrogen (secondary N) is 2. The van der Waals surface area contributed by atoms with Crippen LogP contribution in [0.4, 0.5) is 4.39 Å². The van der Waals surface area contributed by atoms with Crippen molar-refractivity contribution < 1.29 is 28.1 Å². The van der Waals surface area contributed by atoms with Crippen LogP contribution in [0.2, 0.25) is 0 Å². The highest BCUT2D eigenvalue weighted by Gasteiger charge is 2.26. The van der Waals surface area contributed by atoms with Crippen molar-refractivity contribution in [3.8, 4) is 0 Å². The quantitative estimate of drug-likeness (QED) is 0.526. The van der Waals surface area contributed by atoms with E-state index >= 15 is 0 Å². The maximum Gasteiger partial charge on any atom is 0.326 e. The molecule has 0 bridgehead atoms. The summed E-state index contributed by atoms with van der Waals surface area (Å²) in [7, 11) is -1.41. The van der Waals surface area contributed by atoms with Crippen LogP contribution in [0, 0.1) is 5.82 Å². The molecule has 160 valence electrons. The van der Waals surface area contributed by atoms with E-state index in [0.29, 0.717) is 10.5 Å². The number of halogens is 1. The molecule has 30 heavy (non-hydrogen) atoms. The van der Waals surface area contributed by atoms with Gasteiger partial charge in [0.25, 0.3) is 0 Å². The molecule has 0 spiro atoms. The van der Waals surface area contributed by atoms with Crippen LogP contribution in [-0.2, 0) is 31.6 Å². The Labute approximate surface area is 176 Å². The van der Waals surface area contributed by atoms with Crippen LogP contribution in [-0.4, -0.2) is 44.9 Å². The number of amides is 2. The molecule has 2 amide bonds. The molecule has 9 heteroatoms. The maximum absolute atomic E-state index is 13.1. The predicted molar refractivity (Wildman–Crippen MR) is 110 cm³/mol. The van der Waals surface area contributed by atoms with Crippen molar-refractivity contribution in [1.82, 2.24) is 10.6 Å². The summed E-state index contributed by atoms with van der Waals surface area (Å²) in [5.41, 5.74) is 0.599. The largest absolute Gasteiger partial charge is 0.480 e. The van der Waals surface area contributed by atoms with Gasteiger partial charge in [-0.2, -0.15) is 0 Å². The van der Waals surface area contributed by atoms with E-state index in [1.54, 1.807) is 30.3 Å². The summed E-state index contributed by atoms with van der Waals surface area (Å²) < 4.78 is 25.4. The van der Waals surface area contributed by atoms with Gasteiger partial charge in [-0.15, -0.1) is 0 Å². The fourth-order valence-electron chi connectivity index (χ4n) is 2.76. The minimum Gasteiger partial charge on any atom is -0.480 e. The van der Waals surface area contributed by atoms with Gasteiger partial charge in [-0.05, 0) is 36.2 Å². The number of aliphatic carboxylic acids is 1. The van der Waals surface area contributed by atoms with E-state index in [4.69, 9.17) is 0 Å². The van der Waals surface area contributed by atoms with Gasteiger partial charge in [0.1, 0.15) is 17.9 Å². The topological polar surface area (TPSA) is 113 Å². The number of carbonyl (C=O) groups excluding carboxylic acids is 2. The normalized spacial score (nSPS) is 13.7. The Morgan fingerprint density at radius 3 is 2.20 bits per heavy atom. The molecule has 7 nitrogen and oxygen atoms in total. The van der Waals surface area contributed by atoms with Gasteiger partial charge < -0.3 is 15.7 Å². The van der Waals surface area contributed by atoms with Crippen LogP contribution in [0.5, 0.6) is 0 Å². The first-order valence-electron chi connectivity index (χ1n) is 9.24. The molecule has 0 saturated carbocycles. The number of hydrogen-bond acceptors (Lipinski definition) is 4. The molecular formula is C21H23FN2O5S. The Morgan fingerprint density at radius 1 is 1.00 bits per heavy atom. The first-order chi connectivity index (χ1) is 14.3. The molecule has 0 saturated heterocycles. The molecule has 0 aliphatic heterocycles. The molecule has 0 fully saturated rings. The van der Waals surface area contributed by atoms with Crippen LogP contribution >= 0.6 is 0 Å². The molecule has 2 rings (SSSR count). The highest BCUT2D eigenvalue weighted by atomic mass is 32.2. The van der Waals surface area contributed by atoms with Gasteiger partial charge in [0.2, 0.25) is 11.8 Å². The van der Waals surface area contributed by atoms with Crippen molar-refractivity contribution in [2.24, 2.45) is 0 Å². The standard InChI is InChI=1S/C21H23FN2O5S/c1-14(25)23-19(13-15-7-9-16(22)10-8-15)20(26)24-18(21(27)28)11-12-30(29)17-5-3-2-4-6-17/h2-10,18-19H,11-13H2,1H3,(H,23,25)(H,24,26)(H,27,28)/t18-,19+,30+/m1/s1. The van der Waals surface area contributed by atoms with Crippen molar-refractivity contribution in [2.75, 3.05) is 5.75 Å². The summed E-state index contributed by atoms with van der Waals surface area (Å²) in [6.45, 7) is 1.24. The number of carboxylic acids is 1. The second-order valence-corrected chi connectivity index (χ2v) is 8.21. The van der Waals surface area contributed by atoms with Gasteiger partial charge in [0, 0.05) is 24.0 Å². The summed E-state index contributed by atoms with van der Waals surface area (Å²) in [4.78, 5) is 36.3. The van der Waals surface area contributed by atoms with Crippen molar-refractivity contribution in [1.29, 1.82) is 0 Å². The third kappa shape index (κ3) is 7.40. The number of hydrogen-bond donors (Lipinski definition) is 3. The smallest absolute Gasteiger partial charge is 0.326 e. The Hall–Kier alpha value is -3.07. The Balaban J connectivity index is 2.03. The van der Waals surface area contributed by atoms with E-state index in [9.17, 15) is 28.1 Å². The van der Waals surface area contributed by atoms with Crippen LogP contribution in [0.25, 0.3) is 0 Å². The second kappa shape index (κ2) is 11.2. The van der Waals surface area contributed by atoms with E-state index in [2.05, 4.69) is 10.6 Å².